The first-order valence-electron chi connectivity index (χ1n) is 7.75. The maximum absolute atomic E-state index is 9.41. The minimum absolute atomic E-state index is 0.329. The molecule has 2 nitrogen and oxygen atoms in total. The van der Waals surface area contributed by atoms with Crippen LogP contribution in [0, 0.1) is 6.92 Å². The lowest BCUT2D eigenvalue weighted by Gasteiger charge is -2.20. The van der Waals surface area contributed by atoms with E-state index in [0.717, 1.165) is 25.9 Å². The molecule has 0 aliphatic carbocycles. The van der Waals surface area contributed by atoms with Gasteiger partial charge < -0.3 is 10.4 Å². The van der Waals surface area contributed by atoms with Crippen LogP contribution in [-0.2, 0) is 6.42 Å². The smallest absolute Gasteiger partial charge is 0.115 e. The van der Waals surface area contributed by atoms with Crippen molar-refractivity contribution in [3.05, 3.63) is 65.2 Å². The van der Waals surface area contributed by atoms with Gasteiger partial charge in [-0.1, -0.05) is 43.3 Å². The predicted molar refractivity (Wildman–Crippen MR) is 88.9 cm³/mol. The summed E-state index contributed by atoms with van der Waals surface area (Å²) in [5, 5.41) is 13.0. The highest BCUT2D eigenvalue weighted by Gasteiger charge is 2.14. The largest absolute Gasteiger partial charge is 0.508 e. The van der Waals surface area contributed by atoms with Crippen molar-refractivity contribution in [3.8, 4) is 5.75 Å². The average molecular weight is 283 g/mol. The summed E-state index contributed by atoms with van der Waals surface area (Å²) in [5.74, 6) is 0.789. The quantitative estimate of drug-likeness (QED) is 0.752. The van der Waals surface area contributed by atoms with Gasteiger partial charge in [-0.2, -0.15) is 0 Å². The number of rotatable bonds is 7. The molecule has 2 heteroatoms. The van der Waals surface area contributed by atoms with Crippen molar-refractivity contribution in [2.45, 2.75) is 32.6 Å². The Labute approximate surface area is 127 Å². The second-order valence-corrected chi connectivity index (χ2v) is 5.63. The standard InChI is InChI=1S/C19H25NO/c1-3-12-20-14-17(19-7-5-4-6-15(19)2)13-16-8-10-18(21)11-9-16/h4-11,17,20-21H,3,12-14H2,1-2H3. The van der Waals surface area contributed by atoms with E-state index in [9.17, 15) is 5.11 Å². The first-order valence-corrected chi connectivity index (χ1v) is 7.75. The van der Waals surface area contributed by atoms with E-state index in [1.807, 2.05) is 12.1 Å². The Morgan fingerprint density at radius 1 is 1.05 bits per heavy atom. The molecule has 1 atom stereocenters. The lowest BCUT2D eigenvalue weighted by atomic mass is 9.89. The van der Waals surface area contributed by atoms with Crippen LogP contribution < -0.4 is 5.32 Å². The Kier molecular flexibility index (Phi) is 5.82. The lowest BCUT2D eigenvalue weighted by molar-refractivity contribution is 0.475. The minimum atomic E-state index is 0.329. The van der Waals surface area contributed by atoms with Crippen LogP contribution in [0.4, 0.5) is 0 Å². The lowest BCUT2D eigenvalue weighted by Crippen LogP contribution is -2.24. The van der Waals surface area contributed by atoms with Gasteiger partial charge in [-0.25, -0.2) is 0 Å². The Hall–Kier alpha value is -1.80. The average Bonchev–Trinajstić information content (AvgIpc) is 2.49. The molecule has 0 aromatic heterocycles. The van der Waals surface area contributed by atoms with E-state index in [-0.39, 0.29) is 0 Å². The number of hydrogen-bond acceptors (Lipinski definition) is 2. The molecular weight excluding hydrogens is 258 g/mol. The summed E-state index contributed by atoms with van der Waals surface area (Å²) < 4.78 is 0. The van der Waals surface area contributed by atoms with Gasteiger partial charge >= 0.3 is 0 Å². The molecule has 0 radical (unpaired) electrons. The molecule has 0 bridgehead atoms. The van der Waals surface area contributed by atoms with Crippen molar-refractivity contribution >= 4 is 0 Å². The topological polar surface area (TPSA) is 32.3 Å². The summed E-state index contributed by atoms with van der Waals surface area (Å²) in [6.07, 6.45) is 2.14. The normalized spacial score (nSPS) is 12.3. The van der Waals surface area contributed by atoms with E-state index in [2.05, 4.69) is 43.4 Å². The Morgan fingerprint density at radius 3 is 2.43 bits per heavy atom. The van der Waals surface area contributed by atoms with Crippen LogP contribution in [0.1, 0.15) is 36.0 Å². The fraction of sp³-hybridized carbons (Fsp3) is 0.368. The van der Waals surface area contributed by atoms with Gasteiger partial charge in [0.05, 0.1) is 0 Å². The van der Waals surface area contributed by atoms with Crippen LogP contribution in [0.25, 0.3) is 0 Å². The van der Waals surface area contributed by atoms with E-state index in [1.165, 1.54) is 16.7 Å². The Balaban J connectivity index is 2.15. The van der Waals surface area contributed by atoms with Gasteiger partial charge in [0.2, 0.25) is 0 Å². The third-order valence-corrected chi connectivity index (χ3v) is 3.86. The molecule has 0 saturated carbocycles. The fourth-order valence-corrected chi connectivity index (χ4v) is 2.71. The van der Waals surface area contributed by atoms with Crippen LogP contribution in [-0.4, -0.2) is 18.2 Å². The Bertz CT molecular complexity index is 548. The van der Waals surface area contributed by atoms with E-state index in [4.69, 9.17) is 0 Å². The minimum Gasteiger partial charge on any atom is -0.508 e. The van der Waals surface area contributed by atoms with E-state index in [1.54, 1.807) is 12.1 Å². The van der Waals surface area contributed by atoms with Crippen LogP contribution in [0.5, 0.6) is 5.75 Å². The van der Waals surface area contributed by atoms with Gasteiger partial charge in [0.25, 0.3) is 0 Å². The van der Waals surface area contributed by atoms with Gasteiger partial charge in [-0.15, -0.1) is 0 Å². The second-order valence-electron chi connectivity index (χ2n) is 5.63. The van der Waals surface area contributed by atoms with Gasteiger partial charge in [-0.3, -0.25) is 0 Å². The first-order chi connectivity index (χ1) is 10.2. The highest BCUT2D eigenvalue weighted by molar-refractivity contribution is 5.33. The zero-order valence-electron chi connectivity index (χ0n) is 13.0. The molecule has 0 aliphatic heterocycles. The number of phenolic OH excluding ortho intramolecular Hbond substituents is 1. The molecule has 1 unspecified atom stereocenters. The fourth-order valence-electron chi connectivity index (χ4n) is 2.71. The van der Waals surface area contributed by atoms with Crippen molar-refractivity contribution in [2.24, 2.45) is 0 Å². The van der Waals surface area contributed by atoms with Crippen molar-refractivity contribution < 1.29 is 5.11 Å². The molecule has 21 heavy (non-hydrogen) atoms. The zero-order valence-corrected chi connectivity index (χ0v) is 13.0. The van der Waals surface area contributed by atoms with Gasteiger partial charge in [0.15, 0.2) is 0 Å². The molecule has 0 spiro atoms. The van der Waals surface area contributed by atoms with Crippen LogP contribution in [0.3, 0.4) is 0 Å². The highest BCUT2D eigenvalue weighted by Crippen LogP contribution is 2.24. The van der Waals surface area contributed by atoms with Gasteiger partial charge in [-0.05, 0) is 55.1 Å². The molecule has 112 valence electrons. The van der Waals surface area contributed by atoms with Crippen molar-refractivity contribution in [2.75, 3.05) is 13.1 Å². The maximum atomic E-state index is 9.41. The number of hydrogen-bond donors (Lipinski definition) is 2. The number of aryl methyl sites for hydroxylation is 1. The number of phenols is 1. The molecule has 0 heterocycles. The summed E-state index contributed by atoms with van der Waals surface area (Å²) in [5.41, 5.74) is 4.02. The number of nitrogens with one attached hydrogen (secondary N) is 1. The summed E-state index contributed by atoms with van der Waals surface area (Å²) in [6, 6.07) is 16.2. The molecule has 0 amide bonds. The molecule has 2 rings (SSSR count). The summed E-state index contributed by atoms with van der Waals surface area (Å²) in [6.45, 7) is 6.41. The maximum Gasteiger partial charge on any atom is 0.115 e. The number of aromatic hydroxyl groups is 1. The number of benzene rings is 2. The van der Waals surface area contributed by atoms with Crippen molar-refractivity contribution in [1.29, 1.82) is 0 Å². The highest BCUT2D eigenvalue weighted by atomic mass is 16.3. The van der Waals surface area contributed by atoms with E-state index in [0.29, 0.717) is 11.7 Å². The van der Waals surface area contributed by atoms with Crippen molar-refractivity contribution in [3.63, 3.8) is 0 Å². The molecule has 0 fully saturated rings. The summed E-state index contributed by atoms with van der Waals surface area (Å²) in [7, 11) is 0. The second kappa shape index (κ2) is 7.84. The molecule has 2 N–H and O–H groups in total. The molecule has 2 aromatic carbocycles. The van der Waals surface area contributed by atoms with Crippen LogP contribution in [0.2, 0.25) is 0 Å². The molecule has 0 saturated heterocycles. The third kappa shape index (κ3) is 4.61. The predicted octanol–water partition coefficient (Wildman–Crippen LogP) is 4.03. The first kappa shape index (κ1) is 15.6. The zero-order chi connectivity index (χ0) is 15.1. The summed E-state index contributed by atoms with van der Waals surface area (Å²) in [4.78, 5) is 0. The summed E-state index contributed by atoms with van der Waals surface area (Å²) >= 11 is 0. The molecular formula is C19H25NO. The van der Waals surface area contributed by atoms with E-state index >= 15 is 0 Å². The van der Waals surface area contributed by atoms with Crippen molar-refractivity contribution in [1.82, 2.24) is 5.32 Å². The van der Waals surface area contributed by atoms with Gasteiger partial charge in [0, 0.05) is 12.5 Å². The van der Waals surface area contributed by atoms with E-state index < -0.39 is 0 Å². The Morgan fingerprint density at radius 2 is 1.76 bits per heavy atom. The third-order valence-electron chi connectivity index (χ3n) is 3.86. The molecule has 2 aromatic rings. The van der Waals surface area contributed by atoms with Gasteiger partial charge in [0.1, 0.15) is 5.75 Å². The monoisotopic (exact) mass is 283 g/mol. The SMILES string of the molecule is CCCNCC(Cc1ccc(O)cc1)c1ccccc1C. The van der Waals surface area contributed by atoms with Crippen LogP contribution in [0.15, 0.2) is 48.5 Å². The molecule has 0 aliphatic rings. The van der Waals surface area contributed by atoms with Crippen LogP contribution >= 0.6 is 0 Å².